The van der Waals surface area contributed by atoms with E-state index >= 15 is 0 Å². The van der Waals surface area contributed by atoms with Gasteiger partial charge >= 0.3 is 0 Å². The fourth-order valence-electron chi connectivity index (χ4n) is 4.18. The molecule has 0 radical (unpaired) electrons. The molecule has 0 saturated heterocycles. The zero-order valence-electron chi connectivity index (χ0n) is 19.2. The van der Waals surface area contributed by atoms with Crippen LogP contribution in [0.25, 0.3) is 0 Å². The van der Waals surface area contributed by atoms with E-state index in [1.807, 2.05) is 24.3 Å². The molecule has 182 valence electrons. The van der Waals surface area contributed by atoms with Gasteiger partial charge in [-0.25, -0.2) is 0 Å². The monoisotopic (exact) mass is 570 g/mol. The van der Waals surface area contributed by atoms with E-state index in [0.717, 1.165) is 42.1 Å². The number of rotatable bonds is 12. The number of halogens is 1. The molecular formula is C25H35IN2O5. The predicted molar refractivity (Wildman–Crippen MR) is 135 cm³/mol. The number of ether oxygens (including phenoxy) is 1. The molecule has 2 aliphatic carbocycles. The van der Waals surface area contributed by atoms with E-state index in [1.165, 1.54) is 0 Å². The summed E-state index contributed by atoms with van der Waals surface area (Å²) in [5.74, 6) is 0.412. The molecule has 0 aliphatic heterocycles. The third-order valence-corrected chi connectivity index (χ3v) is 7.07. The summed E-state index contributed by atoms with van der Waals surface area (Å²) in [6, 6.07) is 6.98. The smallest absolute Gasteiger partial charge is 0.247 e. The standard InChI is InChI=1S/C25H35IN2O5/c1-2-3-4-7-13-28(25(32)17-10-11-17)20-15-18(24(31)27-12-14-29)16-22(23(20)30)33-21-9-6-5-8-19(21)26/h5-6,8-9,16-17,20,22-23,29-30H,2-4,7,10-15H2,1H3,(H,27,31)/t20-,22+,23+/m1/s1. The molecule has 2 amide bonds. The molecule has 0 bridgehead atoms. The van der Waals surface area contributed by atoms with E-state index < -0.39 is 18.2 Å². The van der Waals surface area contributed by atoms with Crippen molar-refractivity contribution in [2.45, 2.75) is 70.1 Å². The highest BCUT2D eigenvalue weighted by Crippen LogP contribution is 2.35. The molecule has 1 aromatic rings. The molecule has 0 spiro atoms. The van der Waals surface area contributed by atoms with Gasteiger partial charge in [0.25, 0.3) is 0 Å². The summed E-state index contributed by atoms with van der Waals surface area (Å²) in [5.41, 5.74) is 0.469. The van der Waals surface area contributed by atoms with Crippen molar-refractivity contribution < 1.29 is 24.5 Å². The number of carbonyl (C=O) groups excluding carboxylic acids is 2. The van der Waals surface area contributed by atoms with Crippen molar-refractivity contribution in [2.24, 2.45) is 5.92 Å². The number of benzene rings is 1. The molecule has 1 aromatic carbocycles. The number of nitrogens with one attached hydrogen (secondary N) is 1. The van der Waals surface area contributed by atoms with E-state index in [0.29, 0.717) is 17.9 Å². The van der Waals surface area contributed by atoms with Gasteiger partial charge in [-0.05, 0) is 60.1 Å². The van der Waals surface area contributed by atoms with Crippen LogP contribution in [0.15, 0.2) is 35.9 Å². The minimum Gasteiger partial charge on any atom is -0.482 e. The van der Waals surface area contributed by atoms with Gasteiger partial charge in [0.1, 0.15) is 18.0 Å². The van der Waals surface area contributed by atoms with Crippen LogP contribution in [-0.2, 0) is 9.59 Å². The number of amides is 2. The van der Waals surface area contributed by atoms with Crippen molar-refractivity contribution in [1.82, 2.24) is 10.2 Å². The zero-order chi connectivity index (χ0) is 23.8. The number of carbonyl (C=O) groups is 2. The SMILES string of the molecule is CCCCCCN(C(=O)C1CC1)[C@@H]1CC(C(=O)NCCO)=C[C@H](Oc2ccccc2I)[C@H]1O. The number of nitrogens with zero attached hydrogens (tertiary/aromatic N) is 1. The van der Waals surface area contributed by atoms with Crippen molar-refractivity contribution >= 4 is 34.4 Å². The van der Waals surface area contributed by atoms with Gasteiger partial charge in [-0.3, -0.25) is 9.59 Å². The molecular weight excluding hydrogens is 535 g/mol. The Morgan fingerprint density at radius 1 is 1.21 bits per heavy atom. The van der Waals surface area contributed by atoms with Gasteiger partial charge in [-0.15, -0.1) is 0 Å². The summed E-state index contributed by atoms with van der Waals surface area (Å²) in [6.45, 7) is 2.70. The number of hydrogen-bond donors (Lipinski definition) is 3. The van der Waals surface area contributed by atoms with Crippen molar-refractivity contribution in [3.8, 4) is 5.75 Å². The van der Waals surface area contributed by atoms with E-state index in [9.17, 15) is 14.7 Å². The Balaban J connectivity index is 1.86. The molecule has 1 saturated carbocycles. The lowest BCUT2D eigenvalue weighted by atomic mass is 9.87. The van der Waals surface area contributed by atoms with Crippen LogP contribution in [0, 0.1) is 9.49 Å². The van der Waals surface area contributed by atoms with Crippen LogP contribution in [0.4, 0.5) is 0 Å². The highest BCUT2D eigenvalue weighted by atomic mass is 127. The largest absolute Gasteiger partial charge is 0.482 e. The fraction of sp³-hybridized carbons (Fsp3) is 0.600. The Bertz CT molecular complexity index is 842. The number of hydrogen-bond acceptors (Lipinski definition) is 5. The molecule has 0 heterocycles. The molecule has 33 heavy (non-hydrogen) atoms. The minimum absolute atomic E-state index is 0.0235. The first-order chi connectivity index (χ1) is 16.0. The zero-order valence-corrected chi connectivity index (χ0v) is 21.4. The van der Waals surface area contributed by atoms with Gasteiger partial charge in [0, 0.05) is 31.0 Å². The molecule has 3 atom stereocenters. The molecule has 1 fully saturated rings. The lowest BCUT2D eigenvalue weighted by molar-refractivity contribution is -0.140. The maximum absolute atomic E-state index is 13.2. The normalized spacial score (nSPS) is 22.4. The molecule has 0 unspecified atom stereocenters. The van der Waals surface area contributed by atoms with Gasteiger partial charge in [-0.2, -0.15) is 0 Å². The summed E-state index contributed by atoms with van der Waals surface area (Å²) in [4.78, 5) is 27.8. The van der Waals surface area contributed by atoms with Crippen molar-refractivity contribution in [2.75, 3.05) is 19.7 Å². The Morgan fingerprint density at radius 2 is 1.97 bits per heavy atom. The maximum atomic E-state index is 13.2. The second kappa shape index (κ2) is 12.7. The Labute approximate surface area is 209 Å². The predicted octanol–water partition coefficient (Wildman–Crippen LogP) is 3.03. The van der Waals surface area contributed by atoms with Crippen LogP contribution in [0.3, 0.4) is 0 Å². The average molecular weight is 570 g/mol. The summed E-state index contributed by atoms with van der Waals surface area (Å²) in [7, 11) is 0. The molecule has 0 aromatic heterocycles. The van der Waals surface area contributed by atoms with Crippen LogP contribution >= 0.6 is 22.6 Å². The van der Waals surface area contributed by atoms with Crippen LogP contribution in [0.1, 0.15) is 51.9 Å². The third kappa shape index (κ3) is 7.16. The summed E-state index contributed by atoms with van der Waals surface area (Å²) < 4.78 is 7.06. The second-order valence-corrected chi connectivity index (χ2v) is 9.98. The number of aliphatic hydroxyl groups excluding tert-OH is 2. The molecule has 3 rings (SSSR count). The van der Waals surface area contributed by atoms with Gasteiger partial charge in [-0.1, -0.05) is 38.3 Å². The van der Waals surface area contributed by atoms with Gasteiger partial charge < -0.3 is 25.2 Å². The summed E-state index contributed by atoms with van der Waals surface area (Å²) >= 11 is 2.17. The molecule has 8 heteroatoms. The summed E-state index contributed by atoms with van der Waals surface area (Å²) in [6.07, 6.45) is 6.07. The summed E-state index contributed by atoms with van der Waals surface area (Å²) in [5, 5.41) is 23.1. The lowest BCUT2D eigenvalue weighted by Gasteiger charge is -2.40. The van der Waals surface area contributed by atoms with Crippen molar-refractivity contribution in [3.05, 3.63) is 39.5 Å². The van der Waals surface area contributed by atoms with Crippen LogP contribution in [0.2, 0.25) is 0 Å². The molecule has 3 N–H and O–H groups in total. The van der Waals surface area contributed by atoms with Crippen LogP contribution in [-0.4, -0.2) is 64.9 Å². The number of aliphatic hydroxyl groups is 2. The first-order valence-electron chi connectivity index (χ1n) is 12.0. The van der Waals surface area contributed by atoms with Crippen LogP contribution in [0.5, 0.6) is 5.75 Å². The molecule has 7 nitrogen and oxygen atoms in total. The number of unbranched alkanes of at least 4 members (excludes halogenated alkanes) is 3. The Kier molecular flexibility index (Phi) is 10.0. The highest BCUT2D eigenvalue weighted by molar-refractivity contribution is 14.1. The third-order valence-electron chi connectivity index (χ3n) is 6.18. The fourth-order valence-corrected chi connectivity index (χ4v) is 4.69. The first kappa shape index (κ1) is 26.0. The maximum Gasteiger partial charge on any atom is 0.247 e. The van der Waals surface area contributed by atoms with E-state index in [4.69, 9.17) is 9.84 Å². The second-order valence-electron chi connectivity index (χ2n) is 8.81. The van der Waals surface area contributed by atoms with Crippen molar-refractivity contribution in [3.63, 3.8) is 0 Å². The topological polar surface area (TPSA) is 99.1 Å². The van der Waals surface area contributed by atoms with E-state index in [1.54, 1.807) is 11.0 Å². The first-order valence-corrected chi connectivity index (χ1v) is 13.0. The minimum atomic E-state index is -0.954. The highest BCUT2D eigenvalue weighted by Gasteiger charge is 2.43. The quantitative estimate of drug-likeness (QED) is 0.265. The van der Waals surface area contributed by atoms with Gasteiger partial charge in [0.15, 0.2) is 0 Å². The van der Waals surface area contributed by atoms with E-state index in [2.05, 4.69) is 34.8 Å². The Morgan fingerprint density at radius 3 is 2.64 bits per heavy atom. The number of para-hydroxylation sites is 1. The van der Waals surface area contributed by atoms with Crippen molar-refractivity contribution in [1.29, 1.82) is 0 Å². The molecule has 2 aliphatic rings. The van der Waals surface area contributed by atoms with Gasteiger partial charge in [0.2, 0.25) is 11.8 Å². The average Bonchev–Trinajstić information content (AvgIpc) is 3.66. The lowest BCUT2D eigenvalue weighted by Crippen LogP contribution is -2.55. The van der Waals surface area contributed by atoms with E-state index in [-0.39, 0.29) is 37.3 Å². The Hall–Kier alpha value is -1.65. The van der Waals surface area contributed by atoms with Gasteiger partial charge in [0.05, 0.1) is 16.2 Å². The van der Waals surface area contributed by atoms with Crippen LogP contribution < -0.4 is 10.1 Å².